The van der Waals surface area contributed by atoms with Crippen LogP contribution in [0.5, 0.6) is 5.88 Å². The molecule has 1 aliphatic rings. The first-order valence-corrected chi connectivity index (χ1v) is 6.94. The molecular weight excluding hydrogens is 294 g/mol. The van der Waals surface area contributed by atoms with E-state index >= 15 is 0 Å². The fraction of sp³-hybridized carbons (Fsp3) is 0.286. The predicted molar refractivity (Wildman–Crippen MR) is 76.4 cm³/mol. The highest BCUT2D eigenvalue weighted by molar-refractivity contribution is 6.31. The number of fused-ring (bicyclic) bond motifs is 1. The minimum absolute atomic E-state index is 0.0818. The second-order valence-electron chi connectivity index (χ2n) is 4.77. The van der Waals surface area contributed by atoms with Gasteiger partial charge in [0.2, 0.25) is 5.15 Å². The lowest BCUT2D eigenvalue weighted by Gasteiger charge is -2.25. The molecule has 0 spiro atoms. The van der Waals surface area contributed by atoms with E-state index in [0.717, 1.165) is 24.8 Å². The maximum atomic E-state index is 11.1. The van der Waals surface area contributed by atoms with Crippen molar-refractivity contribution in [3.8, 4) is 5.88 Å². The number of aryl methyl sites for hydroxylation is 1. The van der Waals surface area contributed by atoms with Crippen LogP contribution in [0.1, 0.15) is 30.1 Å². The highest BCUT2D eigenvalue weighted by Crippen LogP contribution is 2.37. The van der Waals surface area contributed by atoms with Gasteiger partial charge >= 0.3 is 5.69 Å². The molecule has 1 heterocycles. The molecular formula is C14H12ClN3O3. The second-order valence-corrected chi connectivity index (χ2v) is 5.13. The average Bonchev–Trinajstić information content (AvgIpc) is 2.47. The number of hydrogen-bond acceptors (Lipinski definition) is 5. The van der Waals surface area contributed by atoms with E-state index in [-0.39, 0.29) is 22.8 Å². The van der Waals surface area contributed by atoms with E-state index in [1.165, 1.54) is 11.9 Å². The normalized spacial score (nSPS) is 17.1. The Balaban J connectivity index is 1.96. The van der Waals surface area contributed by atoms with Crippen LogP contribution in [0, 0.1) is 10.1 Å². The summed E-state index contributed by atoms with van der Waals surface area (Å²) in [5, 5.41) is 10.9. The van der Waals surface area contributed by atoms with E-state index < -0.39 is 4.92 Å². The molecule has 108 valence electrons. The minimum atomic E-state index is -0.619. The molecule has 1 atom stereocenters. The summed E-state index contributed by atoms with van der Waals surface area (Å²) in [5.41, 5.74) is 1.87. The van der Waals surface area contributed by atoms with Crippen molar-refractivity contribution < 1.29 is 9.66 Å². The Morgan fingerprint density at radius 1 is 1.33 bits per heavy atom. The number of nitrogens with zero attached hydrogens (tertiary/aromatic N) is 3. The Bertz CT molecular complexity index is 693. The lowest BCUT2D eigenvalue weighted by molar-refractivity contribution is -0.386. The average molecular weight is 306 g/mol. The summed E-state index contributed by atoms with van der Waals surface area (Å²) in [5.74, 6) is -0.0818. The van der Waals surface area contributed by atoms with Crippen LogP contribution in [0.3, 0.4) is 0 Å². The fourth-order valence-corrected chi connectivity index (χ4v) is 2.74. The zero-order valence-corrected chi connectivity index (χ0v) is 11.8. The Morgan fingerprint density at radius 2 is 2.14 bits per heavy atom. The number of rotatable bonds is 3. The Labute approximate surface area is 125 Å². The molecule has 0 bridgehead atoms. The fourth-order valence-electron chi connectivity index (χ4n) is 2.55. The first kappa shape index (κ1) is 13.8. The largest absolute Gasteiger partial charge is 0.464 e. The van der Waals surface area contributed by atoms with Gasteiger partial charge in [0.1, 0.15) is 12.4 Å². The first-order chi connectivity index (χ1) is 10.2. The van der Waals surface area contributed by atoms with Gasteiger partial charge in [-0.1, -0.05) is 35.9 Å². The summed E-state index contributed by atoms with van der Waals surface area (Å²) in [6, 6.07) is 7.94. The quantitative estimate of drug-likeness (QED) is 0.492. The number of hydrogen-bond donors (Lipinski definition) is 0. The molecule has 1 aromatic carbocycles. The van der Waals surface area contributed by atoms with E-state index in [4.69, 9.17) is 16.3 Å². The standard InChI is InChI=1S/C14H12ClN3O3/c15-13-12(18(19)20)14(17-8-16-13)21-11-7-3-5-9-4-1-2-6-10(9)11/h1-2,4,6,8,11H,3,5,7H2. The molecule has 2 aromatic rings. The van der Waals surface area contributed by atoms with Gasteiger partial charge in [-0.25, -0.2) is 4.98 Å². The first-order valence-electron chi connectivity index (χ1n) is 6.56. The van der Waals surface area contributed by atoms with Gasteiger partial charge in [0.15, 0.2) is 0 Å². The van der Waals surface area contributed by atoms with Crippen LogP contribution >= 0.6 is 11.6 Å². The van der Waals surface area contributed by atoms with Crippen molar-refractivity contribution in [2.24, 2.45) is 0 Å². The van der Waals surface area contributed by atoms with Crippen molar-refractivity contribution in [3.63, 3.8) is 0 Å². The third-order valence-electron chi connectivity index (χ3n) is 3.49. The number of benzene rings is 1. The predicted octanol–water partition coefficient (Wildman–Crippen LogP) is 3.49. The van der Waals surface area contributed by atoms with Crippen molar-refractivity contribution in [3.05, 3.63) is 57.0 Å². The topological polar surface area (TPSA) is 78.2 Å². The van der Waals surface area contributed by atoms with Crippen molar-refractivity contribution in [2.75, 3.05) is 0 Å². The lowest BCUT2D eigenvalue weighted by Crippen LogP contribution is -2.16. The van der Waals surface area contributed by atoms with Gasteiger partial charge in [-0.3, -0.25) is 10.1 Å². The zero-order valence-electron chi connectivity index (χ0n) is 11.0. The van der Waals surface area contributed by atoms with Crippen LogP contribution in [0.2, 0.25) is 5.15 Å². The minimum Gasteiger partial charge on any atom is -0.464 e. The van der Waals surface area contributed by atoms with Crippen LogP contribution in [0.15, 0.2) is 30.6 Å². The molecule has 1 aliphatic carbocycles. The van der Waals surface area contributed by atoms with Crippen molar-refractivity contribution >= 4 is 17.3 Å². The van der Waals surface area contributed by atoms with Gasteiger partial charge in [0.05, 0.1) is 4.92 Å². The second kappa shape index (κ2) is 5.65. The van der Waals surface area contributed by atoms with Crippen LogP contribution in [0.4, 0.5) is 5.69 Å². The van der Waals surface area contributed by atoms with Crippen molar-refractivity contribution in [1.82, 2.24) is 9.97 Å². The molecule has 3 rings (SSSR count). The van der Waals surface area contributed by atoms with Crippen LogP contribution in [-0.4, -0.2) is 14.9 Å². The van der Waals surface area contributed by atoms with Crippen molar-refractivity contribution in [1.29, 1.82) is 0 Å². The molecule has 1 unspecified atom stereocenters. The number of aromatic nitrogens is 2. The van der Waals surface area contributed by atoms with Crippen LogP contribution in [-0.2, 0) is 6.42 Å². The zero-order chi connectivity index (χ0) is 14.8. The summed E-state index contributed by atoms with van der Waals surface area (Å²) in [4.78, 5) is 18.0. The lowest BCUT2D eigenvalue weighted by atomic mass is 9.89. The van der Waals surface area contributed by atoms with Gasteiger partial charge in [-0.05, 0) is 30.4 Å². The summed E-state index contributed by atoms with van der Waals surface area (Å²) >= 11 is 5.77. The van der Waals surface area contributed by atoms with E-state index in [1.807, 2.05) is 24.3 Å². The molecule has 21 heavy (non-hydrogen) atoms. The Hall–Kier alpha value is -2.21. The van der Waals surface area contributed by atoms with Crippen LogP contribution in [0.25, 0.3) is 0 Å². The summed E-state index contributed by atoms with van der Waals surface area (Å²) in [7, 11) is 0. The number of nitro groups is 1. The third-order valence-corrected chi connectivity index (χ3v) is 3.77. The van der Waals surface area contributed by atoms with E-state index in [1.54, 1.807) is 0 Å². The molecule has 0 N–H and O–H groups in total. The smallest absolute Gasteiger partial charge is 0.367 e. The van der Waals surface area contributed by atoms with Gasteiger partial charge in [-0.15, -0.1) is 0 Å². The Morgan fingerprint density at radius 3 is 2.95 bits per heavy atom. The van der Waals surface area contributed by atoms with Gasteiger partial charge in [0.25, 0.3) is 5.88 Å². The maximum Gasteiger partial charge on any atom is 0.367 e. The number of halogens is 1. The van der Waals surface area contributed by atoms with E-state index in [2.05, 4.69) is 9.97 Å². The molecule has 0 saturated heterocycles. The van der Waals surface area contributed by atoms with Crippen molar-refractivity contribution in [2.45, 2.75) is 25.4 Å². The Kier molecular flexibility index (Phi) is 3.70. The summed E-state index contributed by atoms with van der Waals surface area (Å²) in [6.07, 6.45) is 3.66. The van der Waals surface area contributed by atoms with E-state index in [9.17, 15) is 10.1 Å². The molecule has 6 nitrogen and oxygen atoms in total. The van der Waals surface area contributed by atoms with E-state index in [0.29, 0.717) is 0 Å². The van der Waals surface area contributed by atoms with Gasteiger partial charge in [-0.2, -0.15) is 4.98 Å². The monoisotopic (exact) mass is 305 g/mol. The summed E-state index contributed by atoms with van der Waals surface area (Å²) in [6.45, 7) is 0. The summed E-state index contributed by atoms with van der Waals surface area (Å²) < 4.78 is 5.78. The highest BCUT2D eigenvalue weighted by atomic mass is 35.5. The molecule has 0 saturated carbocycles. The molecule has 0 fully saturated rings. The molecule has 0 radical (unpaired) electrons. The van der Waals surface area contributed by atoms with Gasteiger partial charge < -0.3 is 4.74 Å². The third kappa shape index (κ3) is 2.67. The molecule has 0 aliphatic heterocycles. The molecule has 1 aromatic heterocycles. The molecule has 0 amide bonds. The molecule has 7 heteroatoms. The number of ether oxygens (including phenoxy) is 1. The van der Waals surface area contributed by atoms with Crippen LogP contribution < -0.4 is 4.74 Å². The van der Waals surface area contributed by atoms with Gasteiger partial charge in [0, 0.05) is 0 Å². The maximum absolute atomic E-state index is 11.1. The highest BCUT2D eigenvalue weighted by Gasteiger charge is 2.28. The SMILES string of the molecule is O=[N+]([O-])c1c(Cl)ncnc1OC1CCCc2ccccc21.